The molecule has 0 aliphatic heterocycles. The first kappa shape index (κ1) is 12.1. The topological polar surface area (TPSA) is 54.4 Å². The molecule has 0 aliphatic rings. The zero-order valence-corrected chi connectivity index (χ0v) is 9.09. The molecule has 0 aromatic rings. The van der Waals surface area contributed by atoms with E-state index in [9.17, 15) is 8.42 Å². The average molecular weight is 214 g/mol. The van der Waals surface area contributed by atoms with Crippen molar-refractivity contribution < 1.29 is 15.8 Å². The van der Waals surface area contributed by atoms with Crippen LogP contribution in [0, 0.1) is 0 Å². The van der Waals surface area contributed by atoms with Gasteiger partial charge in [0, 0.05) is 0 Å². The van der Waals surface area contributed by atoms with Crippen LogP contribution in [-0.2, 0) is 10.1 Å². The van der Waals surface area contributed by atoms with Gasteiger partial charge in [-0.3, -0.25) is 4.55 Å². The number of rotatable bonds is 2. The summed E-state index contributed by atoms with van der Waals surface area (Å²) in [6.45, 7) is 1.69. The standard InChI is InChI=1S/C3H8O3S.Sr.2H/c1-2-3-7(4,5)6;;;/h2-3H2,1H3,(H,4,5,6);;;/q;+2;2*-1. The zero-order valence-electron chi connectivity index (χ0n) is 6.79. The summed E-state index contributed by atoms with van der Waals surface area (Å²) in [6, 6.07) is 0. The summed E-state index contributed by atoms with van der Waals surface area (Å²) in [5.74, 6) is -0.132. The van der Waals surface area contributed by atoms with Crippen LogP contribution >= 0.6 is 0 Å². The smallest absolute Gasteiger partial charge is 1.00 e. The fourth-order valence-corrected chi connectivity index (χ4v) is 0.774. The molecule has 1 N–H and O–H groups in total. The summed E-state index contributed by atoms with van der Waals surface area (Å²) < 4.78 is 27.6. The van der Waals surface area contributed by atoms with Crippen LogP contribution in [0.4, 0.5) is 0 Å². The maximum Gasteiger partial charge on any atom is 2.00 e. The van der Waals surface area contributed by atoms with E-state index in [0.29, 0.717) is 6.42 Å². The van der Waals surface area contributed by atoms with Crippen LogP contribution in [0.1, 0.15) is 16.2 Å². The van der Waals surface area contributed by atoms with Gasteiger partial charge in [-0.15, -0.1) is 0 Å². The van der Waals surface area contributed by atoms with E-state index >= 15 is 0 Å². The van der Waals surface area contributed by atoms with Gasteiger partial charge in [-0.2, -0.15) is 8.42 Å². The fourth-order valence-electron chi connectivity index (χ4n) is 0.258. The van der Waals surface area contributed by atoms with Gasteiger partial charge in [-0.1, -0.05) is 6.92 Å². The van der Waals surface area contributed by atoms with Crippen molar-refractivity contribution in [3.05, 3.63) is 0 Å². The van der Waals surface area contributed by atoms with E-state index in [1.54, 1.807) is 6.92 Å². The molecule has 0 saturated carbocycles. The molecule has 5 heteroatoms. The summed E-state index contributed by atoms with van der Waals surface area (Å²) in [4.78, 5) is 0. The van der Waals surface area contributed by atoms with Crippen molar-refractivity contribution in [1.82, 2.24) is 0 Å². The van der Waals surface area contributed by atoms with Gasteiger partial charge < -0.3 is 2.85 Å². The molecule has 0 unspecified atom stereocenters. The van der Waals surface area contributed by atoms with Crippen molar-refractivity contribution in [3.8, 4) is 0 Å². The third-order valence-electron chi connectivity index (χ3n) is 0.462. The third kappa shape index (κ3) is 10.4. The van der Waals surface area contributed by atoms with E-state index in [1.165, 1.54) is 0 Å². The van der Waals surface area contributed by atoms with Crippen molar-refractivity contribution in [2.45, 2.75) is 13.3 Å². The molecule has 8 heavy (non-hydrogen) atoms. The molecule has 0 bridgehead atoms. The van der Waals surface area contributed by atoms with Crippen LogP contribution in [0.15, 0.2) is 0 Å². The first-order chi connectivity index (χ1) is 3.06. The molecule has 0 aromatic heterocycles. The van der Waals surface area contributed by atoms with Gasteiger partial charge in [-0.05, 0) is 6.42 Å². The Hall–Kier alpha value is 1.39. The van der Waals surface area contributed by atoms with Crippen molar-refractivity contribution in [3.63, 3.8) is 0 Å². The molecule has 0 aliphatic carbocycles. The van der Waals surface area contributed by atoms with Crippen molar-refractivity contribution in [2.24, 2.45) is 0 Å². The van der Waals surface area contributed by atoms with Crippen LogP contribution in [0.2, 0.25) is 0 Å². The molecule has 0 spiro atoms. The molecule has 0 radical (unpaired) electrons. The summed E-state index contributed by atoms with van der Waals surface area (Å²) in [7, 11) is -3.67. The Bertz CT molecular complexity index is 135. The van der Waals surface area contributed by atoms with Crippen molar-refractivity contribution in [2.75, 3.05) is 5.75 Å². The Balaban J connectivity index is -0.0000000600. The third-order valence-corrected chi connectivity index (χ3v) is 1.39. The SMILES string of the molecule is CCCS(=O)(=O)O.[H-].[H-].[Sr+2]. The number of hydrogen-bond acceptors (Lipinski definition) is 2. The monoisotopic (exact) mass is 214 g/mol. The van der Waals surface area contributed by atoms with Gasteiger partial charge in [0.25, 0.3) is 10.1 Å². The van der Waals surface area contributed by atoms with E-state index < -0.39 is 10.1 Å². The first-order valence-corrected chi connectivity index (χ1v) is 3.62. The maximum atomic E-state index is 9.79. The normalized spacial score (nSPS) is 10.2. The van der Waals surface area contributed by atoms with E-state index in [-0.39, 0.29) is 54.1 Å². The molecule has 0 fully saturated rings. The molecule has 0 amide bonds. The first-order valence-electron chi connectivity index (χ1n) is 2.01. The molecule has 0 aromatic carbocycles. The molecule has 0 atom stereocenters. The zero-order chi connectivity index (χ0) is 5.91. The molecular weight excluding hydrogens is 204 g/mol. The summed E-state index contributed by atoms with van der Waals surface area (Å²) in [5, 5.41) is 0. The minimum atomic E-state index is -3.67. The molecule has 0 rings (SSSR count). The molecule has 0 saturated heterocycles. The van der Waals surface area contributed by atoms with E-state index in [4.69, 9.17) is 4.55 Å². The molecule has 0 heterocycles. The predicted octanol–water partition coefficient (Wildman–Crippen LogP) is 0.128. The average Bonchev–Trinajstić information content (AvgIpc) is 1.30. The summed E-state index contributed by atoms with van der Waals surface area (Å²) in [5.41, 5.74) is 0. The van der Waals surface area contributed by atoms with Crippen LogP contribution in [0.3, 0.4) is 0 Å². The second-order valence-corrected chi connectivity index (χ2v) is 2.86. The fraction of sp³-hybridized carbons (Fsp3) is 1.00. The van der Waals surface area contributed by atoms with Crippen LogP contribution in [-0.4, -0.2) is 64.2 Å². The predicted molar refractivity (Wildman–Crippen MR) is 34.7 cm³/mol. The Kier molecular flexibility index (Phi) is 7.86. The van der Waals surface area contributed by atoms with Gasteiger partial charge in [0.1, 0.15) is 0 Å². The van der Waals surface area contributed by atoms with Crippen LogP contribution in [0.25, 0.3) is 0 Å². The number of hydrogen-bond donors (Lipinski definition) is 1. The van der Waals surface area contributed by atoms with Crippen LogP contribution in [0.5, 0.6) is 0 Å². The van der Waals surface area contributed by atoms with Crippen molar-refractivity contribution >= 4 is 55.6 Å². The Morgan fingerprint density at radius 1 is 1.62 bits per heavy atom. The van der Waals surface area contributed by atoms with E-state index in [1.807, 2.05) is 0 Å². The van der Waals surface area contributed by atoms with Gasteiger partial charge in [0.2, 0.25) is 0 Å². The molecule has 3 nitrogen and oxygen atoms in total. The quantitative estimate of drug-likeness (QED) is 0.524. The molecule has 48 valence electrons. The largest absolute Gasteiger partial charge is 2.00 e. The van der Waals surface area contributed by atoms with Gasteiger partial charge >= 0.3 is 45.5 Å². The van der Waals surface area contributed by atoms with E-state index in [0.717, 1.165) is 0 Å². The van der Waals surface area contributed by atoms with Crippen LogP contribution < -0.4 is 0 Å². The summed E-state index contributed by atoms with van der Waals surface area (Å²) in [6.07, 6.45) is 0.471. The second kappa shape index (κ2) is 5.20. The molecular formula is C3H10O3SSr. The summed E-state index contributed by atoms with van der Waals surface area (Å²) >= 11 is 0. The minimum absolute atomic E-state index is 0. The second-order valence-electron chi connectivity index (χ2n) is 1.29. The van der Waals surface area contributed by atoms with Gasteiger partial charge in [-0.25, -0.2) is 0 Å². The van der Waals surface area contributed by atoms with Gasteiger partial charge in [0.05, 0.1) is 5.75 Å². The Morgan fingerprint density at radius 3 is 2.00 bits per heavy atom. The Morgan fingerprint density at radius 2 is 2.00 bits per heavy atom. The van der Waals surface area contributed by atoms with Gasteiger partial charge in [0.15, 0.2) is 0 Å². The van der Waals surface area contributed by atoms with E-state index in [2.05, 4.69) is 0 Å². The minimum Gasteiger partial charge on any atom is -1.00 e. The maximum absolute atomic E-state index is 9.79. The Labute approximate surface area is 89.5 Å². The van der Waals surface area contributed by atoms with Crippen molar-refractivity contribution in [1.29, 1.82) is 0 Å².